The molecule has 4 aliphatic rings. The molecule has 2 heterocycles. The van der Waals surface area contributed by atoms with Crippen LogP contribution in [-0.4, -0.2) is 71.3 Å². The summed E-state index contributed by atoms with van der Waals surface area (Å²) in [6.07, 6.45) is 3.59. The minimum atomic E-state index is -0.982. The van der Waals surface area contributed by atoms with E-state index < -0.39 is 11.0 Å². The molecule has 7 rings (SSSR count). The van der Waals surface area contributed by atoms with Gasteiger partial charge in [0.15, 0.2) is 11.5 Å². The number of methoxy groups -OCH3 is 1. The van der Waals surface area contributed by atoms with E-state index in [1.165, 1.54) is 11.1 Å². The van der Waals surface area contributed by atoms with Crippen molar-refractivity contribution in [2.45, 2.75) is 81.6 Å². The first kappa shape index (κ1) is 30.9. The van der Waals surface area contributed by atoms with Crippen molar-refractivity contribution >= 4 is 29.1 Å². The number of nitrogens with zero attached hydrogens (tertiary/aromatic N) is 2. The van der Waals surface area contributed by atoms with E-state index in [0.29, 0.717) is 35.2 Å². The molecule has 1 N–H and O–H groups in total. The highest BCUT2D eigenvalue weighted by atomic mass is 35.5. The fourth-order valence-corrected chi connectivity index (χ4v) is 9.32. The maximum atomic E-state index is 14.2. The first-order valence-corrected chi connectivity index (χ1v) is 17.0. The third-order valence-electron chi connectivity index (χ3n) is 10.9. The summed E-state index contributed by atoms with van der Waals surface area (Å²) in [6, 6.07) is 19.9. The van der Waals surface area contributed by atoms with Crippen LogP contribution in [0.1, 0.15) is 55.4 Å². The molecule has 3 aromatic rings. The number of rotatable bonds is 9. The molecule has 5 atom stereocenters. The number of halogens is 2. The molecule has 8 heteroatoms. The topological polar surface area (TPSA) is 62.2 Å². The molecule has 2 aliphatic carbocycles. The van der Waals surface area contributed by atoms with Crippen LogP contribution in [0.15, 0.2) is 60.7 Å². The van der Waals surface area contributed by atoms with Crippen LogP contribution in [-0.2, 0) is 29.5 Å². The van der Waals surface area contributed by atoms with Crippen LogP contribution < -0.4 is 9.47 Å². The Balaban J connectivity index is 1.26. The Morgan fingerprint density at radius 2 is 1.89 bits per heavy atom. The second kappa shape index (κ2) is 11.8. The van der Waals surface area contributed by atoms with E-state index >= 15 is 0 Å². The maximum Gasteiger partial charge on any atom is 0.227 e. The molecule has 45 heavy (non-hydrogen) atoms. The zero-order valence-electron chi connectivity index (χ0n) is 26.3. The summed E-state index contributed by atoms with van der Waals surface area (Å²) in [7, 11) is 1.68. The molecule has 1 saturated carbocycles. The Morgan fingerprint density at radius 3 is 2.62 bits per heavy atom. The van der Waals surface area contributed by atoms with Crippen molar-refractivity contribution in [1.82, 2.24) is 9.80 Å². The summed E-state index contributed by atoms with van der Waals surface area (Å²) in [4.78, 5) is 18.8. The van der Waals surface area contributed by atoms with E-state index in [-0.39, 0.29) is 36.4 Å². The average Bonchev–Trinajstić information content (AvgIpc) is 3.37. The number of aliphatic hydroxyl groups is 1. The second-order valence-corrected chi connectivity index (χ2v) is 14.6. The van der Waals surface area contributed by atoms with Crippen LogP contribution in [0.3, 0.4) is 0 Å². The summed E-state index contributed by atoms with van der Waals surface area (Å²) in [5.41, 5.74) is 2.87. The minimum absolute atomic E-state index is 0.0284. The monoisotopic (exact) mass is 648 g/mol. The van der Waals surface area contributed by atoms with Gasteiger partial charge in [0, 0.05) is 24.7 Å². The summed E-state index contributed by atoms with van der Waals surface area (Å²) < 4.78 is 12.8. The number of hydrogen-bond donors (Lipinski definition) is 1. The van der Waals surface area contributed by atoms with Crippen LogP contribution in [0.4, 0.5) is 0 Å². The number of piperidine rings is 1. The van der Waals surface area contributed by atoms with Gasteiger partial charge in [-0.3, -0.25) is 9.69 Å². The van der Waals surface area contributed by atoms with Crippen LogP contribution in [0, 0.1) is 5.92 Å². The van der Waals surface area contributed by atoms with Gasteiger partial charge < -0.3 is 19.5 Å². The van der Waals surface area contributed by atoms with Gasteiger partial charge in [-0.25, -0.2) is 0 Å². The van der Waals surface area contributed by atoms with Gasteiger partial charge in [0.05, 0.1) is 40.6 Å². The van der Waals surface area contributed by atoms with Crippen molar-refractivity contribution in [2.75, 3.05) is 26.7 Å². The Kier molecular flexibility index (Phi) is 8.09. The number of benzene rings is 3. The Morgan fingerprint density at radius 1 is 1.09 bits per heavy atom. The van der Waals surface area contributed by atoms with Crippen molar-refractivity contribution in [3.8, 4) is 11.5 Å². The second-order valence-electron chi connectivity index (χ2n) is 13.8. The van der Waals surface area contributed by atoms with Crippen molar-refractivity contribution in [3.05, 3.63) is 93.0 Å². The third kappa shape index (κ3) is 4.95. The first-order valence-electron chi connectivity index (χ1n) is 16.3. The highest BCUT2D eigenvalue weighted by molar-refractivity contribution is 6.42. The Bertz CT molecular complexity index is 1600. The molecule has 2 aliphatic heterocycles. The van der Waals surface area contributed by atoms with Crippen molar-refractivity contribution in [3.63, 3.8) is 0 Å². The molecule has 0 radical (unpaired) electrons. The standard InChI is InChI=1S/C37H42Cl2N2O4/c1-23(2)22-41(32(42)20-25-9-11-27(38)28(39)19-25)29-13-15-37(43)31-21-26-10-12-30(44-3)34-33(26)36(37,35(29)45-34)16-18-40(31)17-14-24-7-5-4-6-8-24/h4-12,19,23,29,31,35,43H,13-18,20-22H2,1-3H3/t29-,31+,35-,36-,37+/m0/s1. The summed E-state index contributed by atoms with van der Waals surface area (Å²) in [5, 5.41) is 14.0. The van der Waals surface area contributed by atoms with E-state index in [9.17, 15) is 9.90 Å². The fourth-order valence-electron chi connectivity index (χ4n) is 9.00. The maximum absolute atomic E-state index is 14.2. The highest BCUT2D eigenvalue weighted by Crippen LogP contribution is 2.66. The van der Waals surface area contributed by atoms with E-state index in [0.717, 1.165) is 49.2 Å². The lowest BCUT2D eigenvalue weighted by molar-refractivity contribution is -0.201. The van der Waals surface area contributed by atoms with Gasteiger partial charge in [0.1, 0.15) is 6.10 Å². The number of amides is 1. The Hall–Kier alpha value is -2.77. The predicted molar refractivity (Wildman–Crippen MR) is 178 cm³/mol. The molecule has 1 spiro atoms. The number of carbonyl (C=O) groups is 1. The first-order chi connectivity index (χ1) is 21.7. The lowest BCUT2D eigenvalue weighted by Crippen LogP contribution is -2.78. The van der Waals surface area contributed by atoms with Crippen molar-refractivity contribution < 1.29 is 19.4 Å². The summed E-state index contributed by atoms with van der Waals surface area (Å²) >= 11 is 12.5. The van der Waals surface area contributed by atoms with E-state index in [1.54, 1.807) is 19.2 Å². The summed E-state index contributed by atoms with van der Waals surface area (Å²) in [5.74, 6) is 1.74. The smallest absolute Gasteiger partial charge is 0.227 e. The zero-order chi connectivity index (χ0) is 31.5. The van der Waals surface area contributed by atoms with Gasteiger partial charge in [-0.2, -0.15) is 0 Å². The Labute approximate surface area is 276 Å². The normalized spacial score (nSPS) is 28.0. The molecule has 3 aromatic carbocycles. The fraction of sp³-hybridized carbons (Fsp3) is 0.486. The molecule has 6 nitrogen and oxygen atoms in total. The SMILES string of the molecule is COc1ccc2c3c1O[C@H]1[C@@H](N(CC(C)C)C(=O)Cc4ccc(Cl)c(Cl)c4)CC[C@@]4(O)[C@@H](C2)N(CCc2ccccc2)CC[C@]314. The van der Waals surface area contributed by atoms with Crippen molar-refractivity contribution in [1.29, 1.82) is 0 Å². The molecule has 1 amide bonds. The van der Waals surface area contributed by atoms with Crippen molar-refractivity contribution in [2.24, 2.45) is 5.92 Å². The highest BCUT2D eigenvalue weighted by Gasteiger charge is 2.73. The van der Waals surface area contributed by atoms with Crippen LogP contribution >= 0.6 is 23.2 Å². The number of carbonyl (C=O) groups excluding carboxylic acids is 1. The van der Waals surface area contributed by atoms with E-state index in [1.807, 2.05) is 17.0 Å². The molecule has 0 aromatic heterocycles. The van der Waals surface area contributed by atoms with Gasteiger partial charge in [0.2, 0.25) is 5.91 Å². The zero-order valence-corrected chi connectivity index (χ0v) is 27.8. The lowest BCUT2D eigenvalue weighted by Gasteiger charge is -2.65. The van der Waals surface area contributed by atoms with Gasteiger partial charge >= 0.3 is 0 Å². The van der Waals surface area contributed by atoms with E-state index in [4.69, 9.17) is 32.7 Å². The molecule has 1 saturated heterocycles. The van der Waals surface area contributed by atoms with Gasteiger partial charge in [-0.1, -0.05) is 79.5 Å². The quantitative estimate of drug-likeness (QED) is 0.287. The predicted octanol–water partition coefficient (Wildman–Crippen LogP) is 6.49. The number of ether oxygens (including phenoxy) is 2. The van der Waals surface area contributed by atoms with E-state index in [2.05, 4.69) is 55.1 Å². The average molecular weight is 650 g/mol. The van der Waals surface area contributed by atoms with Crippen LogP contribution in [0.25, 0.3) is 0 Å². The summed E-state index contributed by atoms with van der Waals surface area (Å²) in [6.45, 7) is 6.65. The molecular weight excluding hydrogens is 607 g/mol. The molecular formula is C37H42Cl2N2O4. The third-order valence-corrected chi connectivity index (χ3v) is 11.6. The molecule has 238 valence electrons. The number of hydrogen-bond acceptors (Lipinski definition) is 5. The van der Waals surface area contributed by atoms with Gasteiger partial charge in [-0.05, 0) is 79.5 Å². The number of likely N-dealkylation sites (tertiary alicyclic amines) is 1. The van der Waals surface area contributed by atoms with Gasteiger partial charge in [0.25, 0.3) is 0 Å². The van der Waals surface area contributed by atoms with Crippen LogP contribution in [0.2, 0.25) is 10.0 Å². The molecule has 0 unspecified atom stereocenters. The van der Waals surface area contributed by atoms with Gasteiger partial charge in [-0.15, -0.1) is 0 Å². The lowest BCUT2D eigenvalue weighted by atomic mass is 9.48. The minimum Gasteiger partial charge on any atom is -0.493 e. The van der Waals surface area contributed by atoms with Crippen LogP contribution in [0.5, 0.6) is 11.5 Å². The molecule has 2 fully saturated rings. The largest absolute Gasteiger partial charge is 0.493 e. The molecule has 2 bridgehead atoms.